The third kappa shape index (κ3) is 4.23. The van der Waals surface area contributed by atoms with E-state index in [2.05, 4.69) is 16.3 Å². The Labute approximate surface area is 111 Å². The summed E-state index contributed by atoms with van der Waals surface area (Å²) in [5, 5.41) is 0. The fourth-order valence-corrected chi connectivity index (χ4v) is 0.411. The van der Waals surface area contributed by atoms with Crippen LogP contribution in [0.15, 0.2) is 6.20 Å². The summed E-state index contributed by atoms with van der Waals surface area (Å²) in [7, 11) is 0. The molecule has 4 heteroatoms. The summed E-state index contributed by atoms with van der Waals surface area (Å²) in [6.45, 7) is 3.91. The van der Waals surface area contributed by atoms with Crippen LogP contribution in [0.4, 0.5) is 0 Å². The van der Waals surface area contributed by atoms with Crippen molar-refractivity contribution in [2.75, 3.05) is 0 Å². The molecule has 2 nitrogen and oxygen atoms in total. The molecule has 0 aliphatic heterocycles. The molecule has 48 valence electrons. The Hall–Kier alpha value is 1.29. The van der Waals surface area contributed by atoms with Crippen molar-refractivity contribution >= 4 is 0 Å². The van der Waals surface area contributed by atoms with E-state index in [9.17, 15) is 0 Å². The quantitative estimate of drug-likeness (QED) is 0.662. The minimum atomic E-state index is 0. The normalized spacial score (nSPS) is 7.40. The van der Waals surface area contributed by atoms with Gasteiger partial charge in [-0.05, 0) is 0 Å². The van der Waals surface area contributed by atoms with Crippen molar-refractivity contribution in [2.24, 2.45) is 0 Å². The van der Waals surface area contributed by atoms with Crippen molar-refractivity contribution in [3.63, 3.8) is 0 Å². The number of nitrogens with zero attached hydrogens (tertiary/aromatic N) is 2. The molecule has 0 atom stereocenters. The van der Waals surface area contributed by atoms with Gasteiger partial charge >= 0.3 is 0 Å². The van der Waals surface area contributed by atoms with Crippen LogP contribution in [0.3, 0.4) is 0 Å². The molecule has 1 aromatic rings. The van der Waals surface area contributed by atoms with E-state index in [1.54, 1.807) is 6.20 Å². The van der Waals surface area contributed by atoms with Crippen LogP contribution >= 0.6 is 0 Å². The second kappa shape index (κ2) is 6.97. The van der Waals surface area contributed by atoms with Gasteiger partial charge in [-0.25, -0.2) is 0 Å². The van der Waals surface area contributed by atoms with Gasteiger partial charge in [0.1, 0.15) is 0 Å². The van der Waals surface area contributed by atoms with Crippen LogP contribution in [-0.2, 0) is 65.4 Å². The van der Waals surface area contributed by atoms with Crippen LogP contribution in [0.5, 0.6) is 0 Å². The molecule has 0 saturated heterocycles. The van der Waals surface area contributed by atoms with Gasteiger partial charge in [-0.2, -0.15) is 0 Å². The van der Waals surface area contributed by atoms with Crippen LogP contribution in [0.2, 0.25) is 0 Å². The summed E-state index contributed by atoms with van der Waals surface area (Å²) in [6, 6.07) is 0. The van der Waals surface area contributed by atoms with Crippen molar-refractivity contribution in [1.82, 2.24) is 9.97 Å². The SMILES string of the molecule is Cc1cn[c-]nc1C.[Y].[Y]. The molecule has 2 radical (unpaired) electrons. The first-order chi connectivity index (χ1) is 3.80. The summed E-state index contributed by atoms with van der Waals surface area (Å²) in [5.41, 5.74) is 2.11. The molecule has 0 N–H and O–H groups in total. The number of rotatable bonds is 0. The molecule has 1 rings (SSSR count). The number of aromatic nitrogens is 2. The zero-order valence-corrected chi connectivity index (χ0v) is 11.8. The molecule has 0 aromatic carbocycles. The second-order valence-corrected chi connectivity index (χ2v) is 1.74. The number of aryl methyl sites for hydroxylation is 2. The van der Waals surface area contributed by atoms with Crippen molar-refractivity contribution in [1.29, 1.82) is 0 Å². The Morgan fingerprint density at radius 2 is 1.90 bits per heavy atom. The Morgan fingerprint density at radius 1 is 1.30 bits per heavy atom. The predicted octanol–water partition coefficient (Wildman–Crippen LogP) is 0.889. The van der Waals surface area contributed by atoms with Crippen LogP contribution in [0, 0.1) is 20.2 Å². The van der Waals surface area contributed by atoms with Crippen LogP contribution in [0.25, 0.3) is 0 Å². The second-order valence-electron chi connectivity index (χ2n) is 1.74. The molecule has 0 unspecified atom stereocenters. The maximum atomic E-state index is 3.84. The first kappa shape index (κ1) is 13.8. The standard InChI is InChI=1S/C6H7N2.2Y/c1-5-3-7-4-8-6(5)2;;/h3H,1-2H3;;/q-1;;. The Kier molecular flexibility index (Phi) is 9.65. The van der Waals surface area contributed by atoms with E-state index in [1.807, 2.05) is 13.8 Å². The topological polar surface area (TPSA) is 25.8 Å². The van der Waals surface area contributed by atoms with Gasteiger partial charge in [0.05, 0.1) is 0 Å². The average molecular weight is 285 g/mol. The molecule has 0 fully saturated rings. The van der Waals surface area contributed by atoms with Crippen LogP contribution < -0.4 is 0 Å². The minimum Gasteiger partial charge on any atom is -0.374 e. The van der Waals surface area contributed by atoms with E-state index < -0.39 is 0 Å². The maximum absolute atomic E-state index is 3.84. The maximum Gasteiger partial charge on any atom is 0.0216 e. The first-order valence-electron chi connectivity index (χ1n) is 2.47. The van der Waals surface area contributed by atoms with Crippen LogP contribution in [0.1, 0.15) is 11.3 Å². The van der Waals surface area contributed by atoms with Crippen LogP contribution in [-0.4, -0.2) is 9.97 Å². The van der Waals surface area contributed by atoms with E-state index in [0.29, 0.717) is 0 Å². The Balaban J connectivity index is 0. The summed E-state index contributed by atoms with van der Waals surface area (Å²) in [4.78, 5) is 7.55. The number of hydrogen-bond donors (Lipinski definition) is 0. The molecule has 0 aliphatic rings. The summed E-state index contributed by atoms with van der Waals surface area (Å²) in [5.74, 6) is 0. The smallest absolute Gasteiger partial charge is 0.0216 e. The molecule has 1 aromatic heterocycles. The Morgan fingerprint density at radius 3 is 2.20 bits per heavy atom. The largest absolute Gasteiger partial charge is 0.374 e. The van der Waals surface area contributed by atoms with E-state index in [1.165, 1.54) is 0 Å². The van der Waals surface area contributed by atoms with Gasteiger partial charge in [-0.15, -0.1) is 5.56 Å². The van der Waals surface area contributed by atoms with E-state index in [-0.39, 0.29) is 65.4 Å². The zero-order chi connectivity index (χ0) is 5.98. The van der Waals surface area contributed by atoms with Gasteiger partial charge in [-0.1, -0.05) is 25.7 Å². The van der Waals surface area contributed by atoms with Crippen molar-refractivity contribution in [3.05, 3.63) is 23.8 Å². The van der Waals surface area contributed by atoms with E-state index in [4.69, 9.17) is 0 Å². The monoisotopic (exact) mass is 285 g/mol. The molecular formula is C6H7N2Y2-. The predicted molar refractivity (Wildman–Crippen MR) is 30.3 cm³/mol. The molecule has 0 aliphatic carbocycles. The van der Waals surface area contributed by atoms with Gasteiger partial charge in [0.15, 0.2) is 0 Å². The van der Waals surface area contributed by atoms with Gasteiger partial charge in [0, 0.05) is 71.7 Å². The van der Waals surface area contributed by atoms with Crippen molar-refractivity contribution < 1.29 is 65.4 Å². The molecule has 0 bridgehead atoms. The van der Waals surface area contributed by atoms with Gasteiger partial charge in [-0.3, -0.25) is 0 Å². The fraction of sp³-hybridized carbons (Fsp3) is 0.333. The zero-order valence-electron chi connectivity index (χ0n) is 6.13. The Bertz CT molecular complexity index is 170. The minimum absolute atomic E-state index is 0. The molecule has 0 amide bonds. The van der Waals surface area contributed by atoms with Crippen molar-refractivity contribution in [3.8, 4) is 0 Å². The molecule has 10 heavy (non-hydrogen) atoms. The fourth-order valence-electron chi connectivity index (χ4n) is 0.411. The van der Waals surface area contributed by atoms with Gasteiger partial charge < -0.3 is 9.97 Å². The van der Waals surface area contributed by atoms with Gasteiger partial charge in [0.2, 0.25) is 0 Å². The summed E-state index contributed by atoms with van der Waals surface area (Å²) < 4.78 is 0. The van der Waals surface area contributed by atoms with E-state index in [0.717, 1.165) is 11.3 Å². The summed E-state index contributed by atoms with van der Waals surface area (Å²) in [6.07, 6.45) is 4.25. The molecule has 1 heterocycles. The van der Waals surface area contributed by atoms with Gasteiger partial charge in [0.25, 0.3) is 0 Å². The third-order valence-corrected chi connectivity index (χ3v) is 1.10. The molecule has 0 spiro atoms. The van der Waals surface area contributed by atoms with E-state index >= 15 is 0 Å². The third-order valence-electron chi connectivity index (χ3n) is 1.10. The number of hydrogen-bond acceptors (Lipinski definition) is 2. The molecule has 0 saturated carbocycles. The first-order valence-corrected chi connectivity index (χ1v) is 2.47. The summed E-state index contributed by atoms with van der Waals surface area (Å²) >= 11 is 0. The average Bonchev–Trinajstić information content (AvgIpc) is 1.77. The molecular weight excluding hydrogens is 278 g/mol. The van der Waals surface area contributed by atoms with Crippen molar-refractivity contribution in [2.45, 2.75) is 13.8 Å².